The molecule has 0 saturated carbocycles. The van der Waals surface area contributed by atoms with Gasteiger partial charge in [-0.05, 0) is 86.9 Å². The number of likely N-dealkylation sites (tertiary alicyclic amines) is 1. The van der Waals surface area contributed by atoms with Gasteiger partial charge in [-0.3, -0.25) is 14.4 Å². The van der Waals surface area contributed by atoms with Crippen LogP contribution in [0.25, 0.3) is 0 Å². The van der Waals surface area contributed by atoms with Crippen LogP contribution in [0, 0.1) is 3.57 Å². The lowest BCUT2D eigenvalue weighted by Gasteiger charge is -2.33. The Morgan fingerprint density at radius 2 is 2.00 bits per heavy atom. The molecular formula is C29H37IN2O9. The number of hydrogen-bond acceptors (Lipinski definition) is 9. The van der Waals surface area contributed by atoms with Crippen LogP contribution in [0.5, 0.6) is 0 Å². The average molecular weight is 685 g/mol. The van der Waals surface area contributed by atoms with Crippen LogP contribution in [0.15, 0.2) is 35.9 Å². The van der Waals surface area contributed by atoms with E-state index in [1.54, 1.807) is 45.0 Å². The quantitative estimate of drug-likeness (QED) is 0.297. The van der Waals surface area contributed by atoms with Crippen molar-refractivity contribution >= 4 is 46.3 Å². The molecule has 5 atom stereocenters. The number of ether oxygens (including phenoxy) is 4. The zero-order chi connectivity index (χ0) is 29.7. The second kappa shape index (κ2) is 13.6. The van der Waals surface area contributed by atoms with Crippen molar-refractivity contribution in [1.82, 2.24) is 10.2 Å². The zero-order valence-corrected chi connectivity index (χ0v) is 25.6. The number of amides is 2. The molecular weight excluding hydrogens is 647 g/mol. The predicted octanol–water partition coefficient (Wildman–Crippen LogP) is 2.48. The van der Waals surface area contributed by atoms with E-state index >= 15 is 0 Å². The first kappa shape index (κ1) is 31.4. The molecule has 2 N–H and O–H groups in total. The minimum absolute atomic E-state index is 0.0190. The van der Waals surface area contributed by atoms with Crippen LogP contribution in [0.3, 0.4) is 0 Å². The van der Waals surface area contributed by atoms with Crippen LogP contribution in [-0.2, 0) is 33.3 Å². The van der Waals surface area contributed by atoms with Crippen molar-refractivity contribution < 1.29 is 43.2 Å². The third-order valence-corrected chi connectivity index (χ3v) is 7.76. The summed E-state index contributed by atoms with van der Waals surface area (Å²) in [7, 11) is 0. The highest BCUT2D eigenvalue weighted by Crippen LogP contribution is 2.33. The molecule has 2 heterocycles. The summed E-state index contributed by atoms with van der Waals surface area (Å²) in [4.78, 5) is 53.4. The van der Waals surface area contributed by atoms with Gasteiger partial charge >= 0.3 is 11.9 Å². The lowest BCUT2D eigenvalue weighted by atomic mass is 9.91. The molecule has 5 unspecified atom stereocenters. The highest BCUT2D eigenvalue weighted by atomic mass is 127. The molecule has 2 amide bonds. The van der Waals surface area contributed by atoms with Gasteiger partial charge in [-0.1, -0.05) is 6.07 Å². The molecule has 1 aliphatic carbocycles. The van der Waals surface area contributed by atoms with Gasteiger partial charge in [0.15, 0.2) is 0 Å². The topological polar surface area (TPSA) is 141 Å². The van der Waals surface area contributed by atoms with Crippen LogP contribution in [0.4, 0.5) is 0 Å². The van der Waals surface area contributed by atoms with Crippen molar-refractivity contribution in [3.63, 3.8) is 0 Å². The SMILES string of the molecule is CC(C)(C)OC(=O)CCC(CO)NC(=O)C1CCCN1C(=O)C1=CC2OCOC2C(OC(=O)c2cccc(I)c2)C1. The Labute approximate surface area is 253 Å². The van der Waals surface area contributed by atoms with Crippen LogP contribution in [0.1, 0.15) is 63.2 Å². The second-order valence-corrected chi connectivity index (χ2v) is 12.6. The fraction of sp³-hybridized carbons (Fsp3) is 0.586. The van der Waals surface area contributed by atoms with Gasteiger partial charge in [-0.25, -0.2) is 4.79 Å². The van der Waals surface area contributed by atoms with Gasteiger partial charge in [0, 0.05) is 28.5 Å². The lowest BCUT2D eigenvalue weighted by Crippen LogP contribution is -2.51. The van der Waals surface area contributed by atoms with Gasteiger partial charge in [-0.15, -0.1) is 0 Å². The van der Waals surface area contributed by atoms with Gasteiger partial charge in [-0.2, -0.15) is 0 Å². The molecule has 4 rings (SSSR count). The summed E-state index contributed by atoms with van der Waals surface area (Å²) in [6.45, 7) is 5.36. The summed E-state index contributed by atoms with van der Waals surface area (Å²) in [5.41, 5.74) is 0.164. The number of carbonyl (C=O) groups excluding carboxylic acids is 4. The van der Waals surface area contributed by atoms with Gasteiger partial charge in [0.1, 0.15) is 36.7 Å². The van der Waals surface area contributed by atoms with Gasteiger partial charge in [0.05, 0.1) is 18.2 Å². The normalized spacial score (nSPS) is 24.7. The van der Waals surface area contributed by atoms with Gasteiger partial charge < -0.3 is 34.3 Å². The van der Waals surface area contributed by atoms with Gasteiger partial charge in [0.2, 0.25) is 11.8 Å². The van der Waals surface area contributed by atoms with Crippen molar-refractivity contribution in [2.24, 2.45) is 0 Å². The number of benzene rings is 1. The molecule has 2 saturated heterocycles. The standard InChI is InChI=1S/C29H37IN2O9/c1-29(2,3)41-24(34)10-9-20(15-33)31-26(35)21-8-5-11-32(21)27(36)18-13-22-25(39-16-38-22)23(14-18)40-28(37)17-6-4-7-19(30)12-17/h4,6-7,12-13,20-23,25,33H,5,8-11,14-16H2,1-3H3,(H,31,35). The molecule has 1 aromatic rings. The number of halogens is 1. The molecule has 224 valence electrons. The number of aliphatic hydroxyl groups is 1. The lowest BCUT2D eigenvalue weighted by molar-refractivity contribution is -0.155. The molecule has 2 fully saturated rings. The number of nitrogens with zero attached hydrogens (tertiary/aromatic N) is 1. The van der Waals surface area contributed by atoms with Gasteiger partial charge in [0.25, 0.3) is 0 Å². The van der Waals surface area contributed by atoms with Crippen molar-refractivity contribution in [2.75, 3.05) is 19.9 Å². The number of fused-ring (bicyclic) bond motifs is 1. The van der Waals surface area contributed by atoms with E-state index < -0.39 is 53.8 Å². The highest BCUT2D eigenvalue weighted by molar-refractivity contribution is 14.1. The number of hydrogen-bond donors (Lipinski definition) is 2. The Morgan fingerprint density at radius 3 is 2.71 bits per heavy atom. The Hall–Kier alpha value is -2.55. The smallest absolute Gasteiger partial charge is 0.338 e. The fourth-order valence-electron chi connectivity index (χ4n) is 5.19. The number of carbonyl (C=O) groups is 4. The zero-order valence-electron chi connectivity index (χ0n) is 23.5. The summed E-state index contributed by atoms with van der Waals surface area (Å²) in [5.74, 6) is -1.66. The number of rotatable bonds is 9. The Bertz CT molecular complexity index is 1180. The molecule has 41 heavy (non-hydrogen) atoms. The summed E-state index contributed by atoms with van der Waals surface area (Å²) >= 11 is 2.12. The van der Waals surface area contributed by atoms with Crippen LogP contribution in [-0.4, -0.2) is 89.7 Å². The van der Waals surface area contributed by atoms with E-state index in [2.05, 4.69) is 27.9 Å². The Morgan fingerprint density at radius 1 is 1.22 bits per heavy atom. The minimum Gasteiger partial charge on any atom is -0.460 e. The maximum absolute atomic E-state index is 13.7. The molecule has 0 aromatic heterocycles. The van der Waals surface area contributed by atoms with Crippen molar-refractivity contribution in [2.45, 2.75) is 88.9 Å². The van der Waals surface area contributed by atoms with Crippen molar-refractivity contribution in [1.29, 1.82) is 0 Å². The molecule has 1 aromatic carbocycles. The molecule has 0 bridgehead atoms. The molecule has 3 aliphatic rings. The molecule has 12 heteroatoms. The van der Waals surface area contributed by atoms with E-state index in [1.165, 1.54) is 4.90 Å². The first-order chi connectivity index (χ1) is 19.4. The van der Waals surface area contributed by atoms with Crippen LogP contribution < -0.4 is 5.32 Å². The minimum atomic E-state index is -0.738. The second-order valence-electron chi connectivity index (χ2n) is 11.4. The largest absolute Gasteiger partial charge is 0.460 e. The van der Waals surface area contributed by atoms with E-state index in [-0.39, 0.29) is 38.6 Å². The number of nitrogens with one attached hydrogen (secondary N) is 1. The first-order valence-electron chi connectivity index (χ1n) is 13.8. The highest BCUT2D eigenvalue weighted by Gasteiger charge is 2.45. The monoisotopic (exact) mass is 684 g/mol. The van der Waals surface area contributed by atoms with E-state index in [4.69, 9.17) is 18.9 Å². The summed E-state index contributed by atoms with van der Waals surface area (Å²) in [6.07, 6.45) is 1.33. The summed E-state index contributed by atoms with van der Waals surface area (Å²) in [5, 5.41) is 12.6. The molecule has 0 spiro atoms. The predicted molar refractivity (Wildman–Crippen MR) is 155 cm³/mol. The van der Waals surface area contributed by atoms with Crippen LogP contribution in [0.2, 0.25) is 0 Å². The Balaban J connectivity index is 1.39. The maximum Gasteiger partial charge on any atom is 0.338 e. The van der Waals surface area contributed by atoms with E-state index in [0.717, 1.165) is 3.57 Å². The summed E-state index contributed by atoms with van der Waals surface area (Å²) < 4.78 is 23.3. The number of aliphatic hydroxyl groups excluding tert-OH is 1. The van der Waals surface area contributed by atoms with Crippen molar-refractivity contribution in [3.8, 4) is 0 Å². The Kier molecular flexibility index (Phi) is 10.4. The molecule has 0 radical (unpaired) electrons. The van der Waals surface area contributed by atoms with E-state index in [1.807, 2.05) is 6.07 Å². The van der Waals surface area contributed by atoms with Crippen molar-refractivity contribution in [3.05, 3.63) is 45.0 Å². The fourth-order valence-corrected chi connectivity index (χ4v) is 5.74. The van der Waals surface area contributed by atoms with Crippen LogP contribution >= 0.6 is 22.6 Å². The van der Waals surface area contributed by atoms with E-state index in [9.17, 15) is 24.3 Å². The van der Waals surface area contributed by atoms with E-state index in [0.29, 0.717) is 30.5 Å². The number of esters is 2. The third kappa shape index (κ3) is 8.27. The average Bonchev–Trinajstić information content (AvgIpc) is 3.59. The summed E-state index contributed by atoms with van der Waals surface area (Å²) in [6, 6.07) is 5.63. The molecule has 2 aliphatic heterocycles. The first-order valence-corrected chi connectivity index (χ1v) is 14.9. The molecule has 11 nitrogen and oxygen atoms in total. The third-order valence-electron chi connectivity index (χ3n) is 7.09. The maximum atomic E-state index is 13.7.